The molecule has 1 amide bonds. The second-order valence-electron chi connectivity index (χ2n) is 6.78. The van der Waals surface area contributed by atoms with Crippen molar-refractivity contribution in [3.63, 3.8) is 0 Å². The quantitative estimate of drug-likeness (QED) is 0.663. The summed E-state index contributed by atoms with van der Waals surface area (Å²) in [5.41, 5.74) is 2.58. The average molecular weight is 438 g/mol. The minimum atomic E-state index is 0.0162. The van der Waals surface area contributed by atoms with E-state index in [1.807, 2.05) is 48.5 Å². The predicted molar refractivity (Wildman–Crippen MR) is 113 cm³/mol. The fourth-order valence-corrected chi connectivity index (χ4v) is 3.57. The molecular formula is C21H20BrN5O. The van der Waals surface area contributed by atoms with Gasteiger partial charge < -0.3 is 10.2 Å². The summed E-state index contributed by atoms with van der Waals surface area (Å²) in [6.07, 6.45) is 5.12. The molecule has 28 heavy (non-hydrogen) atoms. The summed E-state index contributed by atoms with van der Waals surface area (Å²) in [6, 6.07) is 15.4. The molecule has 6 nitrogen and oxygen atoms in total. The van der Waals surface area contributed by atoms with Gasteiger partial charge in [-0.15, -0.1) is 10.2 Å². The molecule has 1 aliphatic heterocycles. The van der Waals surface area contributed by atoms with Crippen LogP contribution in [0.25, 0.3) is 11.3 Å². The van der Waals surface area contributed by atoms with Gasteiger partial charge in [0.25, 0.3) is 0 Å². The van der Waals surface area contributed by atoms with Crippen LogP contribution in [0.3, 0.4) is 0 Å². The van der Waals surface area contributed by atoms with E-state index in [-0.39, 0.29) is 11.8 Å². The van der Waals surface area contributed by atoms with Gasteiger partial charge in [-0.2, -0.15) is 0 Å². The number of anilines is 2. The molecule has 0 radical (unpaired) electrons. The monoisotopic (exact) mass is 437 g/mol. The molecule has 7 heteroatoms. The molecule has 142 valence electrons. The minimum Gasteiger partial charge on any atom is -0.355 e. The van der Waals surface area contributed by atoms with Gasteiger partial charge in [0.05, 0.1) is 5.69 Å². The van der Waals surface area contributed by atoms with Crippen molar-refractivity contribution < 1.29 is 4.79 Å². The number of halogens is 1. The Morgan fingerprint density at radius 3 is 2.46 bits per heavy atom. The zero-order valence-corrected chi connectivity index (χ0v) is 16.8. The highest BCUT2D eigenvalue weighted by Gasteiger charge is 2.25. The van der Waals surface area contributed by atoms with Gasteiger partial charge >= 0.3 is 0 Å². The van der Waals surface area contributed by atoms with Gasteiger partial charge in [0, 0.05) is 47.1 Å². The third-order valence-electron chi connectivity index (χ3n) is 4.91. The lowest BCUT2D eigenvalue weighted by atomic mass is 9.96. The van der Waals surface area contributed by atoms with Crippen LogP contribution in [-0.4, -0.2) is 34.2 Å². The molecule has 1 saturated heterocycles. The highest BCUT2D eigenvalue weighted by Crippen LogP contribution is 2.24. The molecule has 1 aromatic carbocycles. The number of amides is 1. The molecule has 0 bridgehead atoms. The van der Waals surface area contributed by atoms with Gasteiger partial charge in [-0.05, 0) is 61.4 Å². The maximum Gasteiger partial charge on any atom is 0.227 e. The Morgan fingerprint density at radius 2 is 1.82 bits per heavy atom. The van der Waals surface area contributed by atoms with E-state index in [4.69, 9.17) is 0 Å². The number of benzene rings is 1. The van der Waals surface area contributed by atoms with Crippen LogP contribution in [0.15, 0.2) is 65.4 Å². The molecule has 0 spiro atoms. The zero-order chi connectivity index (χ0) is 19.3. The Hall–Kier alpha value is -2.80. The predicted octanol–water partition coefficient (Wildman–Crippen LogP) is 4.16. The average Bonchev–Trinajstić information content (AvgIpc) is 2.76. The SMILES string of the molecule is O=C(Nc1ccc(Br)cc1)C1CCN(c2ccc(-c3cccnc3)nn2)CC1. The fourth-order valence-electron chi connectivity index (χ4n) is 3.31. The summed E-state index contributed by atoms with van der Waals surface area (Å²) in [7, 11) is 0. The lowest BCUT2D eigenvalue weighted by Crippen LogP contribution is -2.38. The summed E-state index contributed by atoms with van der Waals surface area (Å²) in [5.74, 6) is 0.946. The van der Waals surface area contributed by atoms with E-state index in [1.54, 1.807) is 12.4 Å². The minimum absolute atomic E-state index is 0.0162. The maximum atomic E-state index is 12.5. The van der Waals surface area contributed by atoms with Crippen molar-refractivity contribution in [2.24, 2.45) is 5.92 Å². The maximum absolute atomic E-state index is 12.5. The number of aromatic nitrogens is 3. The first-order valence-corrected chi connectivity index (χ1v) is 10.0. The van der Waals surface area contributed by atoms with E-state index in [9.17, 15) is 4.79 Å². The number of piperidine rings is 1. The van der Waals surface area contributed by atoms with Crippen LogP contribution in [0.1, 0.15) is 12.8 Å². The Labute approximate surface area is 172 Å². The van der Waals surface area contributed by atoms with E-state index >= 15 is 0 Å². The molecule has 2 aromatic heterocycles. The molecule has 1 N–H and O–H groups in total. The third-order valence-corrected chi connectivity index (χ3v) is 5.44. The zero-order valence-electron chi connectivity index (χ0n) is 15.3. The van der Waals surface area contributed by atoms with E-state index < -0.39 is 0 Å². The molecule has 0 saturated carbocycles. The standard InChI is InChI=1S/C21H20BrN5O/c22-17-3-5-18(6-4-17)24-21(28)15-9-12-27(13-10-15)20-8-7-19(25-26-20)16-2-1-11-23-14-16/h1-8,11,14-15H,9-10,12-13H2,(H,24,28). The van der Waals surface area contributed by atoms with Crippen LogP contribution >= 0.6 is 15.9 Å². The van der Waals surface area contributed by atoms with E-state index in [0.29, 0.717) is 0 Å². The Bertz CT molecular complexity index is 923. The van der Waals surface area contributed by atoms with Crippen LogP contribution in [0, 0.1) is 5.92 Å². The van der Waals surface area contributed by atoms with Crippen molar-refractivity contribution in [3.8, 4) is 11.3 Å². The number of nitrogens with zero attached hydrogens (tertiary/aromatic N) is 4. The molecule has 0 aliphatic carbocycles. The van der Waals surface area contributed by atoms with Gasteiger partial charge in [0.2, 0.25) is 5.91 Å². The fraction of sp³-hybridized carbons (Fsp3) is 0.238. The number of pyridine rings is 1. The first kappa shape index (κ1) is 18.6. The summed E-state index contributed by atoms with van der Waals surface area (Å²) in [4.78, 5) is 18.8. The van der Waals surface area contributed by atoms with Gasteiger partial charge in [0.1, 0.15) is 0 Å². The third kappa shape index (κ3) is 4.36. The second kappa shape index (κ2) is 8.48. The number of carbonyl (C=O) groups is 1. The molecule has 3 aromatic rings. The van der Waals surface area contributed by atoms with Crippen LogP contribution < -0.4 is 10.2 Å². The van der Waals surface area contributed by atoms with Crippen molar-refractivity contribution in [1.29, 1.82) is 0 Å². The Kier molecular flexibility index (Phi) is 5.62. The molecule has 4 rings (SSSR count). The van der Waals surface area contributed by atoms with Crippen molar-refractivity contribution in [3.05, 3.63) is 65.4 Å². The van der Waals surface area contributed by atoms with E-state index in [1.165, 1.54) is 0 Å². The summed E-state index contributed by atoms with van der Waals surface area (Å²) >= 11 is 3.40. The number of carbonyl (C=O) groups excluding carboxylic acids is 1. The molecule has 3 heterocycles. The van der Waals surface area contributed by atoms with Crippen LogP contribution in [0.5, 0.6) is 0 Å². The Balaban J connectivity index is 1.33. The topological polar surface area (TPSA) is 71.0 Å². The van der Waals surface area contributed by atoms with Crippen LogP contribution in [0.4, 0.5) is 11.5 Å². The van der Waals surface area contributed by atoms with E-state index in [0.717, 1.165) is 53.2 Å². The first-order valence-electron chi connectivity index (χ1n) is 9.24. The highest BCUT2D eigenvalue weighted by molar-refractivity contribution is 9.10. The summed E-state index contributed by atoms with van der Waals surface area (Å²) in [5, 5.41) is 11.7. The lowest BCUT2D eigenvalue weighted by Gasteiger charge is -2.31. The number of rotatable bonds is 4. The number of hydrogen-bond acceptors (Lipinski definition) is 5. The number of hydrogen-bond donors (Lipinski definition) is 1. The van der Waals surface area contributed by atoms with Crippen molar-refractivity contribution in [1.82, 2.24) is 15.2 Å². The van der Waals surface area contributed by atoms with Gasteiger partial charge in [-0.1, -0.05) is 15.9 Å². The molecule has 1 fully saturated rings. The number of nitrogens with one attached hydrogen (secondary N) is 1. The van der Waals surface area contributed by atoms with Crippen molar-refractivity contribution >= 4 is 33.3 Å². The van der Waals surface area contributed by atoms with Crippen molar-refractivity contribution in [2.75, 3.05) is 23.3 Å². The molecular weight excluding hydrogens is 418 g/mol. The van der Waals surface area contributed by atoms with Crippen molar-refractivity contribution in [2.45, 2.75) is 12.8 Å². The summed E-state index contributed by atoms with van der Waals surface area (Å²) < 4.78 is 0.995. The van der Waals surface area contributed by atoms with Crippen LogP contribution in [-0.2, 0) is 4.79 Å². The van der Waals surface area contributed by atoms with Gasteiger partial charge in [0.15, 0.2) is 5.82 Å². The molecule has 0 atom stereocenters. The molecule has 0 unspecified atom stereocenters. The van der Waals surface area contributed by atoms with E-state index in [2.05, 4.69) is 41.3 Å². The lowest BCUT2D eigenvalue weighted by molar-refractivity contribution is -0.120. The summed E-state index contributed by atoms with van der Waals surface area (Å²) in [6.45, 7) is 1.58. The smallest absolute Gasteiger partial charge is 0.227 e. The molecule has 1 aliphatic rings. The second-order valence-corrected chi connectivity index (χ2v) is 7.69. The van der Waals surface area contributed by atoms with Gasteiger partial charge in [-0.3, -0.25) is 9.78 Å². The largest absolute Gasteiger partial charge is 0.355 e. The normalized spacial score (nSPS) is 14.7. The van der Waals surface area contributed by atoms with Gasteiger partial charge in [-0.25, -0.2) is 0 Å². The first-order chi connectivity index (χ1) is 13.7. The highest BCUT2D eigenvalue weighted by atomic mass is 79.9. The van der Waals surface area contributed by atoms with Crippen LogP contribution in [0.2, 0.25) is 0 Å². The Morgan fingerprint density at radius 1 is 1.04 bits per heavy atom.